The number of carbonyl (C=O) groups excluding carboxylic acids is 2. The molecule has 162 valence electrons. The molecule has 0 bridgehead atoms. The van der Waals surface area contributed by atoms with Crippen molar-refractivity contribution in [2.24, 2.45) is 0 Å². The van der Waals surface area contributed by atoms with Crippen LogP contribution in [0.4, 0.5) is 13.2 Å². The van der Waals surface area contributed by atoms with E-state index in [-0.39, 0.29) is 5.91 Å². The lowest BCUT2D eigenvalue weighted by molar-refractivity contribution is -0.137. The predicted octanol–water partition coefficient (Wildman–Crippen LogP) is 4.67. The lowest BCUT2D eigenvalue weighted by Gasteiger charge is -2.22. The maximum Gasteiger partial charge on any atom is 0.417 e. The average Bonchev–Trinajstić information content (AvgIpc) is 2.70. The fraction of sp³-hybridized carbons (Fsp3) is 0.350. The number of ether oxygens (including phenoxy) is 1. The number of pyridine rings is 1. The second-order valence-corrected chi connectivity index (χ2v) is 9.37. The molecule has 10 heteroatoms. The number of rotatable bonds is 8. The highest BCUT2D eigenvalue weighted by Crippen LogP contribution is 2.34. The number of hydrogen-bond donors (Lipinski definition) is 1. The van der Waals surface area contributed by atoms with Gasteiger partial charge in [-0.15, -0.1) is 11.8 Å². The third kappa shape index (κ3) is 6.66. The van der Waals surface area contributed by atoms with Gasteiger partial charge in [-0.25, -0.2) is 9.78 Å². The molecular formula is C20H21F3N2O3S2. The van der Waals surface area contributed by atoms with Gasteiger partial charge in [-0.05, 0) is 38.1 Å². The van der Waals surface area contributed by atoms with Crippen LogP contribution in [0, 0.1) is 0 Å². The highest BCUT2D eigenvalue weighted by atomic mass is 32.2. The molecule has 1 heterocycles. The van der Waals surface area contributed by atoms with Crippen LogP contribution >= 0.6 is 23.5 Å². The second-order valence-electron chi connectivity index (χ2n) is 6.59. The first-order valence-corrected chi connectivity index (χ1v) is 10.7. The SMILES string of the molecule is COC(=O)c1ccccc1SCCNC(=O)C(C)(C)Sc1ccc(C(F)(F)F)cn1. The Morgan fingerprint density at radius 2 is 1.83 bits per heavy atom. The Morgan fingerprint density at radius 1 is 1.13 bits per heavy atom. The van der Waals surface area contributed by atoms with E-state index in [1.165, 1.54) is 24.9 Å². The number of aromatic nitrogens is 1. The number of nitrogens with zero attached hydrogens (tertiary/aromatic N) is 1. The van der Waals surface area contributed by atoms with Gasteiger partial charge >= 0.3 is 12.1 Å². The number of carbonyl (C=O) groups is 2. The molecule has 1 N–H and O–H groups in total. The van der Waals surface area contributed by atoms with E-state index in [1.54, 1.807) is 32.0 Å². The third-order valence-electron chi connectivity index (χ3n) is 3.91. The van der Waals surface area contributed by atoms with Crippen molar-refractivity contribution in [3.8, 4) is 0 Å². The number of esters is 1. The Morgan fingerprint density at radius 3 is 2.43 bits per heavy atom. The Kier molecular flexibility index (Phi) is 8.19. The van der Waals surface area contributed by atoms with Crippen molar-refractivity contribution >= 4 is 35.4 Å². The molecule has 0 saturated carbocycles. The van der Waals surface area contributed by atoms with Gasteiger partial charge in [-0.3, -0.25) is 4.79 Å². The zero-order chi connectivity index (χ0) is 22.4. The van der Waals surface area contributed by atoms with Gasteiger partial charge in [0.2, 0.25) is 5.91 Å². The van der Waals surface area contributed by atoms with Crippen LogP contribution in [0.2, 0.25) is 0 Å². The molecule has 0 radical (unpaired) electrons. The smallest absolute Gasteiger partial charge is 0.417 e. The molecule has 30 heavy (non-hydrogen) atoms. The summed E-state index contributed by atoms with van der Waals surface area (Å²) in [5, 5.41) is 3.13. The molecule has 0 spiro atoms. The minimum Gasteiger partial charge on any atom is -0.465 e. The fourth-order valence-electron chi connectivity index (χ4n) is 2.33. The molecule has 5 nitrogen and oxygen atoms in total. The lowest BCUT2D eigenvalue weighted by Crippen LogP contribution is -2.40. The van der Waals surface area contributed by atoms with Gasteiger partial charge in [0.05, 0.1) is 28.0 Å². The molecule has 0 aliphatic heterocycles. The summed E-state index contributed by atoms with van der Waals surface area (Å²) in [6.45, 7) is 3.70. The first-order valence-electron chi connectivity index (χ1n) is 8.85. The number of alkyl halides is 3. The van der Waals surface area contributed by atoms with Crippen molar-refractivity contribution in [3.05, 3.63) is 53.7 Å². The maximum absolute atomic E-state index is 12.6. The minimum absolute atomic E-state index is 0.268. The molecule has 0 atom stereocenters. The minimum atomic E-state index is -4.45. The Labute approximate surface area is 181 Å². The van der Waals surface area contributed by atoms with Crippen LogP contribution in [-0.4, -0.2) is 41.0 Å². The molecule has 1 aromatic carbocycles. The van der Waals surface area contributed by atoms with Crippen molar-refractivity contribution in [1.29, 1.82) is 0 Å². The van der Waals surface area contributed by atoms with Crippen molar-refractivity contribution in [2.45, 2.75) is 34.7 Å². The summed E-state index contributed by atoms with van der Waals surface area (Å²) in [5.41, 5.74) is -0.376. The average molecular weight is 459 g/mol. The predicted molar refractivity (Wildman–Crippen MR) is 111 cm³/mol. The van der Waals surface area contributed by atoms with E-state index in [0.29, 0.717) is 22.9 Å². The fourth-order valence-corrected chi connectivity index (χ4v) is 4.16. The van der Waals surface area contributed by atoms with Gasteiger partial charge in [-0.2, -0.15) is 13.2 Å². The highest BCUT2D eigenvalue weighted by Gasteiger charge is 2.32. The van der Waals surface area contributed by atoms with E-state index in [9.17, 15) is 22.8 Å². The van der Waals surface area contributed by atoms with Crippen molar-refractivity contribution in [2.75, 3.05) is 19.4 Å². The number of amides is 1. The summed E-state index contributed by atoms with van der Waals surface area (Å²) in [4.78, 5) is 28.8. The molecule has 1 amide bonds. The summed E-state index contributed by atoms with van der Waals surface area (Å²) in [5.74, 6) is -0.168. The quantitative estimate of drug-likeness (QED) is 0.352. The molecule has 0 fully saturated rings. The molecule has 2 aromatic rings. The normalized spacial score (nSPS) is 11.8. The number of thioether (sulfide) groups is 2. The Bertz CT molecular complexity index is 888. The highest BCUT2D eigenvalue weighted by molar-refractivity contribution is 8.01. The van der Waals surface area contributed by atoms with Crippen molar-refractivity contribution in [1.82, 2.24) is 10.3 Å². The van der Waals surface area contributed by atoms with Crippen molar-refractivity contribution < 1.29 is 27.5 Å². The van der Waals surface area contributed by atoms with Crippen LogP contribution in [0.1, 0.15) is 29.8 Å². The number of halogens is 3. The molecule has 0 aliphatic rings. The molecular weight excluding hydrogens is 437 g/mol. The third-order valence-corrected chi connectivity index (χ3v) is 6.13. The van der Waals surface area contributed by atoms with Crippen LogP contribution < -0.4 is 5.32 Å². The zero-order valence-corrected chi connectivity index (χ0v) is 18.2. The van der Waals surface area contributed by atoms with Crippen LogP contribution in [0.3, 0.4) is 0 Å². The van der Waals surface area contributed by atoms with Crippen LogP contribution in [0.25, 0.3) is 0 Å². The van der Waals surface area contributed by atoms with E-state index in [1.807, 2.05) is 6.07 Å². The number of methoxy groups -OCH3 is 1. The zero-order valence-electron chi connectivity index (χ0n) is 16.6. The monoisotopic (exact) mass is 458 g/mol. The van der Waals surface area contributed by atoms with Crippen LogP contribution in [0.15, 0.2) is 52.5 Å². The topological polar surface area (TPSA) is 68.3 Å². The van der Waals surface area contributed by atoms with Gasteiger partial charge < -0.3 is 10.1 Å². The second kappa shape index (κ2) is 10.2. The molecule has 2 rings (SSSR count). The molecule has 0 unspecified atom stereocenters. The van der Waals surface area contributed by atoms with Crippen LogP contribution in [-0.2, 0) is 15.7 Å². The van der Waals surface area contributed by atoms with Crippen molar-refractivity contribution in [3.63, 3.8) is 0 Å². The summed E-state index contributed by atoms with van der Waals surface area (Å²) >= 11 is 2.49. The molecule has 0 saturated heterocycles. The van der Waals surface area contributed by atoms with E-state index in [0.717, 1.165) is 28.9 Å². The van der Waals surface area contributed by atoms with E-state index in [4.69, 9.17) is 4.74 Å². The van der Waals surface area contributed by atoms with E-state index in [2.05, 4.69) is 10.3 Å². The van der Waals surface area contributed by atoms with E-state index < -0.39 is 22.5 Å². The summed E-state index contributed by atoms with van der Waals surface area (Å²) < 4.78 is 41.7. The Hall–Kier alpha value is -2.20. The van der Waals surface area contributed by atoms with Gasteiger partial charge in [0.1, 0.15) is 0 Å². The largest absolute Gasteiger partial charge is 0.465 e. The standard InChI is InChI=1S/C20H21F3N2O3S2/c1-19(2,30-16-9-8-13(12-25-16)20(21,22)23)18(27)24-10-11-29-15-7-5-4-6-14(15)17(26)28-3/h4-9,12H,10-11H2,1-3H3,(H,24,27). The van der Waals surface area contributed by atoms with Gasteiger partial charge in [0, 0.05) is 23.4 Å². The molecule has 1 aromatic heterocycles. The summed E-state index contributed by atoms with van der Waals surface area (Å²) in [6, 6.07) is 9.22. The number of benzene rings is 1. The lowest BCUT2D eigenvalue weighted by atomic mass is 10.2. The first-order chi connectivity index (χ1) is 14.0. The maximum atomic E-state index is 12.6. The Balaban J connectivity index is 1.88. The van der Waals surface area contributed by atoms with Crippen LogP contribution in [0.5, 0.6) is 0 Å². The van der Waals surface area contributed by atoms with Gasteiger partial charge in [0.25, 0.3) is 0 Å². The number of nitrogens with one attached hydrogen (secondary N) is 1. The molecule has 0 aliphatic carbocycles. The van der Waals surface area contributed by atoms with E-state index >= 15 is 0 Å². The van der Waals surface area contributed by atoms with Gasteiger partial charge in [0.15, 0.2) is 0 Å². The summed E-state index contributed by atoms with van der Waals surface area (Å²) in [7, 11) is 1.31. The van der Waals surface area contributed by atoms with Gasteiger partial charge in [-0.1, -0.05) is 23.9 Å². The first kappa shape index (κ1) is 24.1. The summed E-state index contributed by atoms with van der Waals surface area (Å²) in [6.07, 6.45) is -3.70. The number of hydrogen-bond acceptors (Lipinski definition) is 6.